The number of nitrogens with zero attached hydrogens (tertiary/aromatic N) is 1. The maximum Gasteiger partial charge on any atom is 0.274 e. The number of rotatable bonds is 2. The number of fused-ring (bicyclic) bond motifs is 3. The number of carbonyl (C=O) groups is 1. The average Bonchev–Trinajstić information content (AvgIpc) is 3.02. The Morgan fingerprint density at radius 2 is 1.67 bits per heavy atom. The van der Waals surface area contributed by atoms with Crippen LogP contribution in [0.4, 0.5) is 5.69 Å². The first-order valence-electron chi connectivity index (χ1n) is 7.87. The van der Waals surface area contributed by atoms with Gasteiger partial charge in [-0.25, -0.2) is 4.98 Å². The molecule has 2 aromatic carbocycles. The Morgan fingerprint density at radius 1 is 0.958 bits per heavy atom. The third-order valence-corrected chi connectivity index (χ3v) is 4.14. The van der Waals surface area contributed by atoms with Crippen LogP contribution in [0.5, 0.6) is 0 Å². The van der Waals surface area contributed by atoms with E-state index in [2.05, 4.69) is 21.4 Å². The van der Waals surface area contributed by atoms with Gasteiger partial charge in [-0.05, 0) is 38.1 Å². The van der Waals surface area contributed by atoms with Crippen LogP contribution in [0.25, 0.3) is 21.8 Å². The maximum absolute atomic E-state index is 12.5. The van der Waals surface area contributed by atoms with Gasteiger partial charge in [-0.3, -0.25) is 4.79 Å². The minimum absolute atomic E-state index is 0.198. The highest BCUT2D eigenvalue weighted by Crippen LogP contribution is 2.25. The van der Waals surface area contributed by atoms with Crippen molar-refractivity contribution < 1.29 is 4.79 Å². The molecular weight excluding hydrogens is 298 g/mol. The van der Waals surface area contributed by atoms with E-state index in [9.17, 15) is 4.79 Å². The van der Waals surface area contributed by atoms with Crippen molar-refractivity contribution in [2.24, 2.45) is 0 Å². The molecule has 24 heavy (non-hydrogen) atoms. The van der Waals surface area contributed by atoms with Crippen LogP contribution in [0.3, 0.4) is 0 Å². The van der Waals surface area contributed by atoms with E-state index in [4.69, 9.17) is 0 Å². The van der Waals surface area contributed by atoms with E-state index < -0.39 is 0 Å². The summed E-state index contributed by atoms with van der Waals surface area (Å²) in [5.41, 5.74) is 5.19. The highest BCUT2D eigenvalue weighted by molar-refractivity contribution is 6.10. The fourth-order valence-electron chi connectivity index (χ4n) is 2.83. The number of hydrogen-bond acceptors (Lipinski definition) is 2. The topological polar surface area (TPSA) is 57.8 Å². The largest absolute Gasteiger partial charge is 0.357 e. The molecule has 2 aromatic heterocycles. The molecule has 0 aliphatic heterocycles. The van der Waals surface area contributed by atoms with E-state index in [1.54, 1.807) is 0 Å². The van der Waals surface area contributed by atoms with Crippen LogP contribution in [-0.2, 0) is 0 Å². The van der Waals surface area contributed by atoms with Crippen LogP contribution in [0, 0.1) is 13.8 Å². The minimum Gasteiger partial charge on any atom is -0.357 e. The lowest BCUT2D eigenvalue weighted by Crippen LogP contribution is -2.12. The Kier molecular flexibility index (Phi) is 3.31. The molecule has 0 atom stereocenters. The van der Waals surface area contributed by atoms with E-state index in [1.165, 1.54) is 0 Å². The number of aromatic nitrogens is 2. The Labute approximate surface area is 139 Å². The van der Waals surface area contributed by atoms with Crippen molar-refractivity contribution >= 4 is 33.4 Å². The molecule has 0 bridgehead atoms. The molecular formula is C20H17N3O. The van der Waals surface area contributed by atoms with E-state index in [0.717, 1.165) is 38.8 Å². The normalized spacial score (nSPS) is 11.1. The summed E-state index contributed by atoms with van der Waals surface area (Å²) >= 11 is 0. The van der Waals surface area contributed by atoms with Crippen LogP contribution < -0.4 is 5.32 Å². The van der Waals surface area contributed by atoms with Crippen LogP contribution in [0.15, 0.2) is 54.6 Å². The number of nitrogens with one attached hydrogen (secondary N) is 2. The van der Waals surface area contributed by atoms with Crippen molar-refractivity contribution in [3.63, 3.8) is 0 Å². The summed E-state index contributed by atoms with van der Waals surface area (Å²) in [5.74, 6) is -0.198. The first-order valence-corrected chi connectivity index (χ1v) is 7.87. The van der Waals surface area contributed by atoms with Crippen LogP contribution in [0.2, 0.25) is 0 Å². The Hall–Kier alpha value is -3.14. The van der Waals surface area contributed by atoms with Crippen molar-refractivity contribution in [3.8, 4) is 0 Å². The third-order valence-electron chi connectivity index (χ3n) is 4.14. The van der Waals surface area contributed by atoms with Crippen molar-refractivity contribution in [3.05, 3.63) is 71.5 Å². The number of anilines is 1. The highest BCUT2D eigenvalue weighted by atomic mass is 16.1. The molecule has 2 N–H and O–H groups in total. The summed E-state index contributed by atoms with van der Waals surface area (Å²) in [6.45, 7) is 4.02. The summed E-state index contributed by atoms with van der Waals surface area (Å²) in [6.07, 6.45) is 0. The maximum atomic E-state index is 12.5. The lowest BCUT2D eigenvalue weighted by molar-refractivity contribution is 0.102. The average molecular weight is 315 g/mol. The summed E-state index contributed by atoms with van der Waals surface area (Å²) < 4.78 is 0. The second-order valence-electron chi connectivity index (χ2n) is 6.07. The second-order valence-corrected chi connectivity index (χ2v) is 6.07. The molecule has 0 unspecified atom stereocenters. The molecule has 118 valence electrons. The van der Waals surface area contributed by atoms with Crippen molar-refractivity contribution in [2.75, 3.05) is 5.32 Å². The molecule has 0 fully saturated rings. The standard InChI is InChI=1S/C20H17N3O/c1-12-3-9-16(10-4-12)22-20(24)17-11-15-8-7-14-6-5-13(2)21-18(14)19(15)23-17/h3-11,21H,1-2H3,(H,22,24). The SMILES string of the molecule is Cc1ccc(NC(=O)c2cc3ccc4ccc(C)[nH]c4c3n2)cc1. The number of H-pyrrole nitrogens is 1. The summed E-state index contributed by atoms with van der Waals surface area (Å²) in [5, 5.41) is 4.93. The highest BCUT2D eigenvalue weighted by Gasteiger charge is 2.13. The number of pyridine rings is 1. The van der Waals surface area contributed by atoms with Crippen LogP contribution >= 0.6 is 0 Å². The molecule has 4 nitrogen and oxygen atoms in total. The fourth-order valence-corrected chi connectivity index (χ4v) is 2.83. The molecule has 0 radical (unpaired) electrons. The van der Waals surface area contributed by atoms with Gasteiger partial charge in [0.15, 0.2) is 0 Å². The number of carbonyl (C=O) groups excluding carboxylic acids is 1. The van der Waals surface area contributed by atoms with E-state index in [1.807, 2.05) is 62.4 Å². The van der Waals surface area contributed by atoms with Gasteiger partial charge in [-0.15, -0.1) is 0 Å². The number of aromatic amines is 1. The van der Waals surface area contributed by atoms with Crippen molar-refractivity contribution in [1.82, 2.24) is 9.97 Å². The van der Waals surface area contributed by atoms with E-state index in [0.29, 0.717) is 5.69 Å². The Morgan fingerprint density at radius 3 is 2.46 bits per heavy atom. The molecule has 4 heteroatoms. The van der Waals surface area contributed by atoms with Crippen molar-refractivity contribution in [1.29, 1.82) is 0 Å². The van der Waals surface area contributed by atoms with Gasteiger partial charge < -0.3 is 10.3 Å². The Balaban J connectivity index is 1.74. The fraction of sp³-hybridized carbons (Fsp3) is 0.100. The first kappa shape index (κ1) is 14.5. The molecule has 2 heterocycles. The number of benzene rings is 2. The van der Waals surface area contributed by atoms with E-state index >= 15 is 0 Å². The van der Waals surface area contributed by atoms with Crippen LogP contribution in [-0.4, -0.2) is 15.9 Å². The smallest absolute Gasteiger partial charge is 0.274 e. The minimum atomic E-state index is -0.198. The molecule has 0 aliphatic rings. The molecule has 0 saturated carbocycles. The van der Waals surface area contributed by atoms with Gasteiger partial charge in [0.1, 0.15) is 5.69 Å². The predicted molar refractivity (Wildman–Crippen MR) is 97.5 cm³/mol. The van der Waals surface area contributed by atoms with Gasteiger partial charge >= 0.3 is 0 Å². The summed E-state index contributed by atoms with van der Waals surface area (Å²) in [4.78, 5) is 20.4. The lowest BCUT2D eigenvalue weighted by Gasteiger charge is -2.03. The van der Waals surface area contributed by atoms with Gasteiger partial charge in [-0.2, -0.15) is 0 Å². The predicted octanol–water partition coefficient (Wildman–Crippen LogP) is 4.59. The van der Waals surface area contributed by atoms with Gasteiger partial charge in [0.2, 0.25) is 0 Å². The van der Waals surface area contributed by atoms with Gasteiger partial charge in [-0.1, -0.05) is 35.9 Å². The Bertz CT molecular complexity index is 1060. The molecule has 0 aliphatic carbocycles. The molecule has 4 aromatic rings. The third kappa shape index (κ3) is 2.52. The lowest BCUT2D eigenvalue weighted by atomic mass is 10.1. The quantitative estimate of drug-likeness (QED) is 0.568. The summed E-state index contributed by atoms with van der Waals surface area (Å²) in [6, 6.07) is 17.7. The zero-order chi connectivity index (χ0) is 16.7. The zero-order valence-corrected chi connectivity index (χ0v) is 13.6. The first-order chi connectivity index (χ1) is 11.6. The molecule has 0 spiro atoms. The second kappa shape index (κ2) is 5.49. The zero-order valence-electron chi connectivity index (χ0n) is 13.6. The molecule has 0 saturated heterocycles. The van der Waals surface area contributed by atoms with Crippen LogP contribution in [0.1, 0.15) is 21.7 Å². The number of hydrogen-bond donors (Lipinski definition) is 2. The molecule has 1 amide bonds. The summed E-state index contributed by atoms with van der Waals surface area (Å²) in [7, 11) is 0. The van der Waals surface area contributed by atoms with Gasteiger partial charge in [0, 0.05) is 22.2 Å². The number of amides is 1. The molecule has 4 rings (SSSR count). The number of aryl methyl sites for hydroxylation is 2. The van der Waals surface area contributed by atoms with Gasteiger partial charge in [0.05, 0.1) is 11.0 Å². The van der Waals surface area contributed by atoms with Crippen molar-refractivity contribution in [2.45, 2.75) is 13.8 Å². The monoisotopic (exact) mass is 315 g/mol. The van der Waals surface area contributed by atoms with E-state index in [-0.39, 0.29) is 5.91 Å². The van der Waals surface area contributed by atoms with Gasteiger partial charge in [0.25, 0.3) is 5.91 Å².